The van der Waals surface area contributed by atoms with Gasteiger partial charge in [-0.25, -0.2) is 0 Å². The maximum atomic E-state index is 12.2. The van der Waals surface area contributed by atoms with Gasteiger partial charge in [-0.15, -0.1) is 0 Å². The van der Waals surface area contributed by atoms with Gasteiger partial charge in [0.1, 0.15) is 12.2 Å². The molecule has 0 aromatic heterocycles. The number of carbonyl (C=O) groups is 2. The zero-order valence-corrected chi connectivity index (χ0v) is 14.8. The molecule has 0 aliphatic heterocycles. The molecule has 3 aliphatic rings. The first-order valence-electron chi connectivity index (χ1n) is 10.1. The summed E-state index contributed by atoms with van der Waals surface area (Å²) in [6.45, 7) is 0. The van der Waals surface area contributed by atoms with Gasteiger partial charge in [0, 0.05) is 0 Å². The van der Waals surface area contributed by atoms with E-state index < -0.39 is 0 Å². The van der Waals surface area contributed by atoms with Crippen molar-refractivity contribution in [3.63, 3.8) is 0 Å². The van der Waals surface area contributed by atoms with Crippen LogP contribution >= 0.6 is 0 Å². The highest BCUT2D eigenvalue weighted by molar-refractivity contribution is 5.73. The number of hydrogen-bond donors (Lipinski definition) is 0. The van der Waals surface area contributed by atoms with Crippen molar-refractivity contribution < 1.29 is 19.1 Å². The van der Waals surface area contributed by atoms with Gasteiger partial charge in [-0.05, 0) is 51.4 Å². The summed E-state index contributed by atoms with van der Waals surface area (Å²) in [5, 5.41) is 0. The number of ether oxygens (including phenoxy) is 2. The molecule has 0 amide bonds. The van der Waals surface area contributed by atoms with Crippen LogP contribution in [-0.4, -0.2) is 24.1 Å². The first-order chi connectivity index (χ1) is 11.7. The van der Waals surface area contributed by atoms with Crippen LogP contribution in [0.25, 0.3) is 0 Å². The Morgan fingerprint density at radius 3 is 1.17 bits per heavy atom. The Morgan fingerprint density at radius 2 is 0.833 bits per heavy atom. The highest BCUT2D eigenvalue weighted by Gasteiger charge is 2.31. The van der Waals surface area contributed by atoms with Gasteiger partial charge in [-0.3, -0.25) is 9.59 Å². The van der Waals surface area contributed by atoms with Gasteiger partial charge >= 0.3 is 11.9 Å². The van der Waals surface area contributed by atoms with Crippen LogP contribution in [-0.2, 0) is 19.1 Å². The van der Waals surface area contributed by atoms with Crippen molar-refractivity contribution in [2.75, 3.05) is 0 Å². The van der Waals surface area contributed by atoms with Crippen molar-refractivity contribution in [2.24, 2.45) is 11.8 Å². The second kappa shape index (κ2) is 8.87. The van der Waals surface area contributed by atoms with Crippen molar-refractivity contribution >= 4 is 11.9 Å². The molecule has 0 bridgehead atoms. The zero-order valence-electron chi connectivity index (χ0n) is 14.8. The smallest absolute Gasteiger partial charge is 0.309 e. The predicted molar refractivity (Wildman–Crippen MR) is 91.4 cm³/mol. The van der Waals surface area contributed by atoms with Crippen molar-refractivity contribution in [3.05, 3.63) is 0 Å². The Bertz CT molecular complexity index is 373. The van der Waals surface area contributed by atoms with E-state index >= 15 is 0 Å². The summed E-state index contributed by atoms with van der Waals surface area (Å²) in [6.07, 6.45) is 14.5. The van der Waals surface area contributed by atoms with Crippen LogP contribution in [0.2, 0.25) is 0 Å². The normalized spacial score (nSPS) is 29.8. The molecule has 0 unspecified atom stereocenters. The summed E-state index contributed by atoms with van der Waals surface area (Å²) in [4.78, 5) is 24.4. The molecule has 4 nitrogen and oxygen atoms in total. The van der Waals surface area contributed by atoms with Crippen LogP contribution in [0.4, 0.5) is 0 Å². The number of hydrogen-bond acceptors (Lipinski definition) is 4. The molecule has 0 aromatic carbocycles. The standard InChI is InChI=1S/C20H32O4/c21-19(15-7-3-1-4-8-15)23-17-11-13-18(14-12-17)24-20(22)16-9-5-2-6-10-16/h15-18H,1-14H2. The zero-order chi connectivity index (χ0) is 16.8. The minimum Gasteiger partial charge on any atom is -0.462 e. The third-order valence-electron chi connectivity index (χ3n) is 6.06. The maximum absolute atomic E-state index is 12.2. The fraction of sp³-hybridized carbons (Fsp3) is 0.900. The van der Waals surface area contributed by atoms with E-state index in [1.165, 1.54) is 12.8 Å². The summed E-state index contributed by atoms with van der Waals surface area (Å²) in [6, 6.07) is 0. The molecular weight excluding hydrogens is 304 g/mol. The number of esters is 2. The van der Waals surface area contributed by atoms with E-state index in [-0.39, 0.29) is 36.0 Å². The van der Waals surface area contributed by atoms with E-state index in [1.54, 1.807) is 0 Å². The summed E-state index contributed by atoms with van der Waals surface area (Å²) >= 11 is 0. The van der Waals surface area contributed by atoms with E-state index in [4.69, 9.17) is 9.47 Å². The molecule has 0 N–H and O–H groups in total. The van der Waals surface area contributed by atoms with Crippen LogP contribution in [0, 0.1) is 11.8 Å². The number of rotatable bonds is 4. The molecule has 0 aromatic rings. The highest BCUT2D eigenvalue weighted by atomic mass is 16.6. The van der Waals surface area contributed by atoms with Gasteiger partial charge in [0.2, 0.25) is 0 Å². The van der Waals surface area contributed by atoms with Crippen molar-refractivity contribution in [2.45, 2.75) is 102 Å². The Labute approximate surface area is 145 Å². The SMILES string of the molecule is O=C(OC1CCC(OC(=O)C2CCCCC2)CC1)C1CCCCC1. The molecule has 3 aliphatic carbocycles. The lowest BCUT2D eigenvalue weighted by atomic mass is 9.88. The summed E-state index contributed by atoms with van der Waals surface area (Å²) < 4.78 is 11.4. The molecule has 24 heavy (non-hydrogen) atoms. The lowest BCUT2D eigenvalue weighted by Crippen LogP contribution is -2.33. The molecule has 3 rings (SSSR count). The minimum absolute atomic E-state index is 0.0114. The van der Waals surface area contributed by atoms with Crippen LogP contribution in [0.3, 0.4) is 0 Å². The summed E-state index contributed by atoms with van der Waals surface area (Å²) in [5.74, 6) is 0.274. The molecule has 0 saturated heterocycles. The fourth-order valence-corrected chi connectivity index (χ4v) is 4.47. The molecule has 3 saturated carbocycles. The summed E-state index contributed by atoms with van der Waals surface area (Å²) in [5.41, 5.74) is 0. The molecular formula is C20H32O4. The average Bonchev–Trinajstić information content (AvgIpc) is 2.65. The first kappa shape index (κ1) is 17.8. The third kappa shape index (κ3) is 4.97. The van der Waals surface area contributed by atoms with E-state index in [0.29, 0.717) is 0 Å². The van der Waals surface area contributed by atoms with E-state index in [0.717, 1.165) is 77.0 Å². The molecule has 4 heteroatoms. The lowest BCUT2D eigenvalue weighted by Gasteiger charge is -2.31. The van der Waals surface area contributed by atoms with Gasteiger partial charge in [0.05, 0.1) is 11.8 Å². The first-order valence-corrected chi connectivity index (χ1v) is 10.1. The van der Waals surface area contributed by atoms with Crippen LogP contribution in [0.5, 0.6) is 0 Å². The summed E-state index contributed by atoms with van der Waals surface area (Å²) in [7, 11) is 0. The minimum atomic E-state index is 0.0114. The predicted octanol–water partition coefficient (Wildman–Crippen LogP) is 4.54. The van der Waals surface area contributed by atoms with Gasteiger partial charge in [0.15, 0.2) is 0 Å². The largest absolute Gasteiger partial charge is 0.462 e. The Balaban J connectivity index is 1.36. The molecule has 136 valence electrons. The highest BCUT2D eigenvalue weighted by Crippen LogP contribution is 2.30. The Morgan fingerprint density at radius 1 is 0.500 bits per heavy atom. The van der Waals surface area contributed by atoms with Gasteiger partial charge in [0.25, 0.3) is 0 Å². The Hall–Kier alpha value is -1.06. The van der Waals surface area contributed by atoms with Gasteiger partial charge in [-0.2, -0.15) is 0 Å². The van der Waals surface area contributed by atoms with Gasteiger partial charge in [-0.1, -0.05) is 38.5 Å². The van der Waals surface area contributed by atoms with Crippen LogP contribution in [0.15, 0.2) is 0 Å². The molecule has 0 spiro atoms. The molecule has 0 atom stereocenters. The molecule has 0 heterocycles. The van der Waals surface area contributed by atoms with E-state index in [1.807, 2.05) is 0 Å². The van der Waals surface area contributed by atoms with Crippen molar-refractivity contribution in [3.8, 4) is 0 Å². The topological polar surface area (TPSA) is 52.6 Å². The number of carbonyl (C=O) groups excluding carboxylic acids is 2. The quantitative estimate of drug-likeness (QED) is 0.707. The van der Waals surface area contributed by atoms with Gasteiger partial charge < -0.3 is 9.47 Å². The lowest BCUT2D eigenvalue weighted by molar-refractivity contribution is -0.164. The maximum Gasteiger partial charge on any atom is 0.309 e. The van der Waals surface area contributed by atoms with Crippen molar-refractivity contribution in [1.29, 1.82) is 0 Å². The second-order valence-corrected chi connectivity index (χ2v) is 7.94. The van der Waals surface area contributed by atoms with Crippen molar-refractivity contribution in [1.82, 2.24) is 0 Å². The Kier molecular flexibility index (Phi) is 6.56. The van der Waals surface area contributed by atoms with E-state index in [2.05, 4.69) is 0 Å². The van der Waals surface area contributed by atoms with E-state index in [9.17, 15) is 9.59 Å². The molecule has 0 radical (unpaired) electrons. The third-order valence-corrected chi connectivity index (χ3v) is 6.06. The molecule has 3 fully saturated rings. The average molecular weight is 336 g/mol. The van der Waals surface area contributed by atoms with Crippen LogP contribution < -0.4 is 0 Å². The van der Waals surface area contributed by atoms with Crippen LogP contribution in [0.1, 0.15) is 89.9 Å². The monoisotopic (exact) mass is 336 g/mol. The fourth-order valence-electron chi connectivity index (χ4n) is 4.47. The second-order valence-electron chi connectivity index (χ2n) is 7.94.